The molecular formula is C20H24N2. The zero-order valence-corrected chi connectivity index (χ0v) is 12.9. The van der Waals surface area contributed by atoms with Gasteiger partial charge in [0.1, 0.15) is 0 Å². The monoisotopic (exact) mass is 292 g/mol. The molecule has 3 fully saturated rings. The highest BCUT2D eigenvalue weighted by Gasteiger charge is 2.44. The van der Waals surface area contributed by atoms with Gasteiger partial charge < -0.3 is 5.73 Å². The zero-order chi connectivity index (χ0) is 14.9. The Morgan fingerprint density at radius 3 is 1.77 bits per heavy atom. The van der Waals surface area contributed by atoms with Gasteiger partial charge in [0.15, 0.2) is 0 Å². The van der Waals surface area contributed by atoms with Crippen molar-refractivity contribution in [1.82, 2.24) is 4.90 Å². The van der Waals surface area contributed by atoms with Gasteiger partial charge in [0.25, 0.3) is 0 Å². The molecule has 0 amide bonds. The molecule has 3 heterocycles. The van der Waals surface area contributed by atoms with Gasteiger partial charge in [-0.1, -0.05) is 60.7 Å². The van der Waals surface area contributed by atoms with Crippen LogP contribution in [0.1, 0.15) is 29.9 Å². The fourth-order valence-electron chi connectivity index (χ4n) is 4.47. The number of fused-ring (bicyclic) bond motifs is 3. The van der Waals surface area contributed by atoms with Crippen LogP contribution in [0.5, 0.6) is 0 Å². The first kappa shape index (κ1) is 14.0. The Morgan fingerprint density at radius 2 is 1.32 bits per heavy atom. The van der Waals surface area contributed by atoms with Gasteiger partial charge in [0, 0.05) is 18.0 Å². The van der Waals surface area contributed by atoms with Crippen molar-refractivity contribution < 1.29 is 0 Å². The second kappa shape index (κ2) is 5.86. The summed E-state index contributed by atoms with van der Waals surface area (Å²) in [4.78, 5) is 2.63. The van der Waals surface area contributed by atoms with Crippen molar-refractivity contribution in [3.8, 4) is 0 Å². The standard InChI is InChI=1S/C20H24N2/c21-19-17-11-13-22(14-12-17)20(19)18(15-7-3-1-4-8-15)16-9-5-2-6-10-16/h1-10,17-20H,11-14,21H2/t19-,20+/m1/s1. The molecule has 5 rings (SSSR count). The van der Waals surface area contributed by atoms with Crippen LogP contribution in [-0.4, -0.2) is 30.1 Å². The van der Waals surface area contributed by atoms with Gasteiger partial charge in [-0.3, -0.25) is 4.90 Å². The Kier molecular flexibility index (Phi) is 3.73. The average molecular weight is 292 g/mol. The Bertz CT molecular complexity index is 561. The molecule has 0 spiro atoms. The minimum absolute atomic E-state index is 0.285. The topological polar surface area (TPSA) is 29.3 Å². The van der Waals surface area contributed by atoms with Gasteiger partial charge >= 0.3 is 0 Å². The number of nitrogens with two attached hydrogens (primary N) is 1. The van der Waals surface area contributed by atoms with Crippen LogP contribution in [0.2, 0.25) is 0 Å². The van der Waals surface area contributed by atoms with Crippen molar-refractivity contribution in [2.45, 2.75) is 30.8 Å². The minimum Gasteiger partial charge on any atom is -0.326 e. The molecule has 3 aliphatic heterocycles. The third-order valence-electron chi connectivity index (χ3n) is 5.59. The molecule has 2 atom stereocenters. The van der Waals surface area contributed by atoms with E-state index >= 15 is 0 Å². The summed E-state index contributed by atoms with van der Waals surface area (Å²) in [5.74, 6) is 1.07. The highest BCUT2D eigenvalue weighted by molar-refractivity contribution is 5.35. The second-order valence-corrected chi connectivity index (χ2v) is 6.74. The number of piperidine rings is 3. The molecular weight excluding hydrogens is 268 g/mol. The molecule has 3 aliphatic rings. The van der Waals surface area contributed by atoms with Crippen molar-refractivity contribution >= 4 is 0 Å². The van der Waals surface area contributed by atoms with E-state index in [1.165, 1.54) is 37.1 Å². The molecule has 2 nitrogen and oxygen atoms in total. The number of nitrogens with zero attached hydrogens (tertiary/aromatic N) is 1. The summed E-state index contributed by atoms with van der Waals surface area (Å²) in [6.07, 6.45) is 2.54. The Labute approximate surface area is 132 Å². The van der Waals surface area contributed by atoms with E-state index in [0.717, 1.165) is 0 Å². The van der Waals surface area contributed by atoms with E-state index in [9.17, 15) is 0 Å². The molecule has 2 aromatic rings. The Hall–Kier alpha value is -1.64. The van der Waals surface area contributed by atoms with E-state index in [1.807, 2.05) is 0 Å². The summed E-state index contributed by atoms with van der Waals surface area (Å²) < 4.78 is 0. The molecule has 3 saturated heterocycles. The first-order valence-electron chi connectivity index (χ1n) is 8.44. The third-order valence-corrected chi connectivity index (χ3v) is 5.59. The number of rotatable bonds is 3. The first-order valence-corrected chi connectivity index (χ1v) is 8.44. The van der Waals surface area contributed by atoms with Gasteiger partial charge in [0.2, 0.25) is 0 Å². The smallest absolute Gasteiger partial charge is 0.0359 e. The van der Waals surface area contributed by atoms with Crippen LogP contribution in [0.15, 0.2) is 60.7 Å². The van der Waals surface area contributed by atoms with E-state index < -0.39 is 0 Å². The van der Waals surface area contributed by atoms with Crippen molar-refractivity contribution in [3.63, 3.8) is 0 Å². The highest BCUT2D eigenvalue weighted by Crippen LogP contribution is 2.40. The van der Waals surface area contributed by atoms with Crippen molar-refractivity contribution in [1.29, 1.82) is 0 Å². The maximum atomic E-state index is 6.70. The maximum Gasteiger partial charge on any atom is 0.0359 e. The van der Waals surface area contributed by atoms with E-state index in [-0.39, 0.29) is 6.04 Å². The number of benzene rings is 2. The summed E-state index contributed by atoms with van der Waals surface area (Å²) in [5.41, 5.74) is 9.48. The number of hydrogen-bond acceptors (Lipinski definition) is 2. The lowest BCUT2D eigenvalue weighted by Gasteiger charge is -2.52. The quantitative estimate of drug-likeness (QED) is 0.941. The number of hydrogen-bond donors (Lipinski definition) is 1. The third kappa shape index (κ3) is 2.37. The fraction of sp³-hybridized carbons (Fsp3) is 0.400. The van der Waals surface area contributed by atoms with Gasteiger partial charge in [-0.15, -0.1) is 0 Å². The molecule has 114 valence electrons. The van der Waals surface area contributed by atoms with Crippen LogP contribution in [0.3, 0.4) is 0 Å². The Balaban J connectivity index is 1.78. The van der Waals surface area contributed by atoms with Crippen LogP contribution < -0.4 is 5.73 Å². The highest BCUT2D eigenvalue weighted by atomic mass is 15.2. The lowest BCUT2D eigenvalue weighted by Crippen LogP contribution is -2.63. The molecule has 0 saturated carbocycles. The lowest BCUT2D eigenvalue weighted by molar-refractivity contribution is 0.0204. The van der Waals surface area contributed by atoms with E-state index in [4.69, 9.17) is 5.73 Å². The van der Waals surface area contributed by atoms with E-state index in [0.29, 0.717) is 17.9 Å². The van der Waals surface area contributed by atoms with E-state index in [1.54, 1.807) is 0 Å². The average Bonchev–Trinajstić information content (AvgIpc) is 2.60. The molecule has 0 aromatic heterocycles. The molecule has 0 radical (unpaired) electrons. The van der Waals surface area contributed by atoms with Crippen LogP contribution in [0, 0.1) is 5.92 Å². The predicted molar refractivity (Wildman–Crippen MR) is 90.8 cm³/mol. The largest absolute Gasteiger partial charge is 0.326 e. The molecule has 2 N–H and O–H groups in total. The maximum absolute atomic E-state index is 6.70. The fourth-order valence-corrected chi connectivity index (χ4v) is 4.47. The SMILES string of the molecule is N[C@@H]1C2CCN(CC2)[C@H]1C(c1ccccc1)c1ccccc1. The molecule has 2 heteroatoms. The van der Waals surface area contributed by atoms with E-state index in [2.05, 4.69) is 65.6 Å². The lowest BCUT2D eigenvalue weighted by atomic mass is 9.71. The summed E-state index contributed by atoms with van der Waals surface area (Å²) in [6.45, 7) is 2.42. The van der Waals surface area contributed by atoms with Gasteiger partial charge in [0.05, 0.1) is 0 Å². The minimum atomic E-state index is 0.285. The van der Waals surface area contributed by atoms with Crippen LogP contribution in [0.25, 0.3) is 0 Å². The Morgan fingerprint density at radius 1 is 0.818 bits per heavy atom. The van der Waals surface area contributed by atoms with Gasteiger partial charge in [-0.05, 0) is 43.0 Å². The van der Waals surface area contributed by atoms with Crippen LogP contribution in [-0.2, 0) is 0 Å². The first-order chi connectivity index (χ1) is 10.8. The molecule has 0 unspecified atom stereocenters. The molecule has 22 heavy (non-hydrogen) atoms. The second-order valence-electron chi connectivity index (χ2n) is 6.74. The van der Waals surface area contributed by atoms with Crippen molar-refractivity contribution in [2.24, 2.45) is 11.7 Å². The summed E-state index contributed by atoms with van der Waals surface area (Å²) in [7, 11) is 0. The molecule has 2 aromatic carbocycles. The summed E-state index contributed by atoms with van der Waals surface area (Å²) in [5, 5.41) is 0. The summed E-state index contributed by atoms with van der Waals surface area (Å²) >= 11 is 0. The van der Waals surface area contributed by atoms with Gasteiger partial charge in [-0.2, -0.15) is 0 Å². The van der Waals surface area contributed by atoms with Crippen molar-refractivity contribution in [3.05, 3.63) is 71.8 Å². The zero-order valence-electron chi connectivity index (χ0n) is 12.9. The molecule has 0 aliphatic carbocycles. The normalized spacial score (nSPS) is 30.6. The predicted octanol–water partition coefficient (Wildman–Crippen LogP) is 3.24. The molecule has 2 bridgehead atoms. The summed E-state index contributed by atoms with van der Waals surface area (Å²) in [6, 6.07) is 22.5. The van der Waals surface area contributed by atoms with Crippen LogP contribution in [0.4, 0.5) is 0 Å². The van der Waals surface area contributed by atoms with Crippen molar-refractivity contribution in [2.75, 3.05) is 13.1 Å². The van der Waals surface area contributed by atoms with Crippen LogP contribution >= 0.6 is 0 Å². The van der Waals surface area contributed by atoms with Gasteiger partial charge in [-0.25, -0.2) is 0 Å².